The van der Waals surface area contributed by atoms with E-state index in [0.29, 0.717) is 10.8 Å². The average Bonchev–Trinajstić information content (AvgIpc) is 2.85. The van der Waals surface area contributed by atoms with Gasteiger partial charge in [0.05, 0.1) is 11.8 Å². The van der Waals surface area contributed by atoms with Crippen molar-refractivity contribution in [2.24, 2.45) is 0 Å². The Morgan fingerprint density at radius 3 is 2.65 bits per heavy atom. The second-order valence-corrected chi connectivity index (χ2v) is 6.40. The molecule has 0 saturated carbocycles. The van der Waals surface area contributed by atoms with Crippen molar-refractivity contribution in [3.63, 3.8) is 0 Å². The predicted octanol–water partition coefficient (Wildman–Crippen LogP) is 3.73. The third-order valence-corrected chi connectivity index (χ3v) is 4.80. The van der Waals surface area contributed by atoms with Gasteiger partial charge in [-0.15, -0.1) is 23.1 Å². The van der Waals surface area contributed by atoms with Crippen LogP contribution in [0.2, 0.25) is 0 Å². The molecule has 1 aromatic heterocycles. The summed E-state index contributed by atoms with van der Waals surface area (Å²) in [6.45, 7) is 3.88. The highest BCUT2D eigenvalue weighted by Crippen LogP contribution is 2.25. The summed E-state index contributed by atoms with van der Waals surface area (Å²) in [5.74, 6) is -0.543. The van der Waals surface area contributed by atoms with Gasteiger partial charge in [-0.3, -0.25) is 4.79 Å². The van der Waals surface area contributed by atoms with Crippen LogP contribution in [0.15, 0.2) is 34.5 Å². The molecule has 0 N–H and O–H groups in total. The molecule has 1 aromatic carbocycles. The van der Waals surface area contributed by atoms with Gasteiger partial charge in [0, 0.05) is 16.0 Å². The van der Waals surface area contributed by atoms with Crippen LogP contribution in [0.3, 0.4) is 0 Å². The van der Waals surface area contributed by atoms with Crippen molar-refractivity contribution < 1.29 is 4.79 Å². The third-order valence-electron chi connectivity index (χ3n) is 2.74. The first-order valence-electron chi connectivity index (χ1n) is 6.14. The Balaban J connectivity index is 2.00. The molecule has 0 fully saturated rings. The lowest BCUT2D eigenvalue weighted by Gasteiger charge is -2.05. The van der Waals surface area contributed by atoms with Crippen LogP contribution in [0.1, 0.15) is 22.2 Å². The van der Waals surface area contributed by atoms with Crippen molar-refractivity contribution in [3.05, 3.63) is 45.9 Å². The minimum Gasteiger partial charge on any atom is -0.297 e. The quantitative estimate of drug-likeness (QED) is 0.790. The largest absolute Gasteiger partial charge is 0.297 e. The first-order valence-corrected chi connectivity index (χ1v) is 8.00. The highest BCUT2D eigenvalue weighted by atomic mass is 32.2. The lowest BCUT2D eigenvalue weighted by atomic mass is 10.1. The summed E-state index contributed by atoms with van der Waals surface area (Å²) in [5, 5.41) is 11.6. The molecule has 2 rings (SSSR count). The van der Waals surface area contributed by atoms with E-state index in [9.17, 15) is 10.1 Å². The zero-order valence-corrected chi connectivity index (χ0v) is 12.9. The van der Waals surface area contributed by atoms with Gasteiger partial charge in [-0.25, -0.2) is 4.98 Å². The number of benzene rings is 1. The summed E-state index contributed by atoms with van der Waals surface area (Å²) in [6, 6.07) is 10.1. The summed E-state index contributed by atoms with van der Waals surface area (Å²) in [5.41, 5.74) is 2.04. The van der Waals surface area contributed by atoms with Gasteiger partial charge in [0.2, 0.25) is 0 Å². The molecule has 0 aliphatic rings. The molecule has 0 saturated heterocycles. The summed E-state index contributed by atoms with van der Waals surface area (Å²) < 4.78 is 0. The van der Waals surface area contributed by atoms with E-state index in [2.05, 4.69) is 11.1 Å². The molecule has 102 valence electrons. The van der Waals surface area contributed by atoms with Gasteiger partial charge in [0.25, 0.3) is 0 Å². The molecule has 0 unspecified atom stereocenters. The van der Waals surface area contributed by atoms with Crippen LogP contribution in [0.25, 0.3) is 0 Å². The summed E-state index contributed by atoms with van der Waals surface area (Å²) in [6.07, 6.45) is 0. The van der Waals surface area contributed by atoms with Gasteiger partial charge < -0.3 is 0 Å². The molecule has 5 heteroatoms. The van der Waals surface area contributed by atoms with E-state index in [1.54, 1.807) is 0 Å². The highest BCUT2D eigenvalue weighted by Gasteiger charge is 2.23. The Morgan fingerprint density at radius 2 is 2.10 bits per heavy atom. The zero-order chi connectivity index (χ0) is 14.5. The first kappa shape index (κ1) is 14.8. The van der Waals surface area contributed by atoms with E-state index in [1.807, 2.05) is 43.5 Å². The van der Waals surface area contributed by atoms with Gasteiger partial charge in [0.15, 0.2) is 11.7 Å². The van der Waals surface area contributed by atoms with Gasteiger partial charge >= 0.3 is 0 Å². The van der Waals surface area contributed by atoms with Crippen LogP contribution < -0.4 is 0 Å². The molecule has 1 heterocycles. The maximum absolute atomic E-state index is 12.1. The fraction of sp³-hybridized carbons (Fsp3) is 0.267. The van der Waals surface area contributed by atoms with Crippen molar-refractivity contribution in [3.8, 4) is 6.07 Å². The van der Waals surface area contributed by atoms with E-state index < -0.39 is 5.92 Å². The number of hydrogen-bond acceptors (Lipinski definition) is 5. The molecule has 20 heavy (non-hydrogen) atoms. The maximum atomic E-state index is 12.1. The van der Waals surface area contributed by atoms with E-state index >= 15 is 0 Å². The van der Waals surface area contributed by atoms with Crippen LogP contribution in [-0.4, -0.2) is 16.5 Å². The Kier molecular flexibility index (Phi) is 4.94. The highest BCUT2D eigenvalue weighted by molar-refractivity contribution is 8.00. The molecule has 2 aromatic rings. The Hall–Kier alpha value is -1.64. The topological polar surface area (TPSA) is 53.8 Å². The van der Waals surface area contributed by atoms with Crippen LogP contribution in [-0.2, 0) is 4.79 Å². The molecule has 0 radical (unpaired) electrons. The standard InChI is InChI=1S/C15H14N2OS2/c1-10-3-5-12(6-4-10)19-9-14(18)13(7-16)15-17-11(2)8-20-15/h3-6,8,13H,9H2,1-2H3/t13-/m1/s1. The van der Waals surface area contributed by atoms with E-state index in [-0.39, 0.29) is 5.78 Å². The smallest absolute Gasteiger partial charge is 0.167 e. The molecular formula is C15H14N2OS2. The lowest BCUT2D eigenvalue weighted by Crippen LogP contribution is -2.13. The number of Topliss-reactive ketones (excluding diaryl/α,β-unsaturated/α-hetero) is 1. The molecule has 0 spiro atoms. The fourth-order valence-electron chi connectivity index (χ4n) is 1.64. The Bertz CT molecular complexity index is 641. The first-order chi connectivity index (χ1) is 9.60. The number of carbonyl (C=O) groups excluding carboxylic acids is 1. The zero-order valence-electron chi connectivity index (χ0n) is 11.3. The number of aryl methyl sites for hydroxylation is 2. The Labute approximate surface area is 126 Å². The lowest BCUT2D eigenvalue weighted by molar-refractivity contribution is -0.116. The van der Waals surface area contributed by atoms with Crippen molar-refractivity contribution in [2.45, 2.75) is 24.7 Å². The number of thiazole rings is 1. The van der Waals surface area contributed by atoms with Crippen molar-refractivity contribution >= 4 is 28.9 Å². The van der Waals surface area contributed by atoms with Gasteiger partial charge in [-0.1, -0.05) is 17.7 Å². The van der Waals surface area contributed by atoms with Crippen molar-refractivity contribution in [2.75, 3.05) is 5.75 Å². The number of ketones is 1. The van der Waals surface area contributed by atoms with Crippen LogP contribution in [0.4, 0.5) is 0 Å². The van der Waals surface area contributed by atoms with Gasteiger partial charge in [-0.2, -0.15) is 5.26 Å². The SMILES string of the molecule is Cc1ccc(SCC(=O)[C@@H](C#N)c2nc(C)cs2)cc1. The van der Waals surface area contributed by atoms with Crippen molar-refractivity contribution in [1.82, 2.24) is 4.98 Å². The number of rotatable bonds is 5. The number of nitrogens with zero attached hydrogens (tertiary/aromatic N) is 2. The van der Waals surface area contributed by atoms with Crippen LogP contribution in [0.5, 0.6) is 0 Å². The fourth-order valence-corrected chi connectivity index (χ4v) is 3.31. The monoisotopic (exact) mass is 302 g/mol. The normalized spacial score (nSPS) is 11.8. The summed E-state index contributed by atoms with van der Waals surface area (Å²) in [7, 11) is 0. The average molecular weight is 302 g/mol. The van der Waals surface area contributed by atoms with Crippen LogP contribution in [0, 0.1) is 25.2 Å². The molecule has 1 atom stereocenters. The van der Waals surface area contributed by atoms with Crippen molar-refractivity contribution in [1.29, 1.82) is 5.26 Å². The van der Waals surface area contributed by atoms with Gasteiger partial charge in [-0.05, 0) is 26.0 Å². The number of nitriles is 1. The number of thioether (sulfide) groups is 1. The molecule has 0 amide bonds. The minimum atomic E-state index is -0.744. The second kappa shape index (κ2) is 6.69. The van der Waals surface area contributed by atoms with Gasteiger partial charge in [0.1, 0.15) is 5.01 Å². The molecule has 0 bridgehead atoms. The maximum Gasteiger partial charge on any atom is 0.167 e. The third kappa shape index (κ3) is 3.69. The second-order valence-electron chi connectivity index (χ2n) is 4.46. The Morgan fingerprint density at radius 1 is 1.40 bits per heavy atom. The van der Waals surface area contributed by atoms with E-state index in [0.717, 1.165) is 10.6 Å². The number of carbonyl (C=O) groups is 1. The number of hydrogen-bond donors (Lipinski definition) is 0. The molecular weight excluding hydrogens is 288 g/mol. The number of aromatic nitrogens is 1. The molecule has 0 aliphatic carbocycles. The summed E-state index contributed by atoms with van der Waals surface area (Å²) >= 11 is 2.83. The molecule has 0 aliphatic heterocycles. The van der Waals surface area contributed by atoms with Crippen LogP contribution >= 0.6 is 23.1 Å². The predicted molar refractivity (Wildman–Crippen MR) is 82.1 cm³/mol. The molecule has 3 nitrogen and oxygen atoms in total. The summed E-state index contributed by atoms with van der Waals surface area (Å²) in [4.78, 5) is 17.4. The van der Waals surface area contributed by atoms with E-state index in [4.69, 9.17) is 0 Å². The van der Waals surface area contributed by atoms with E-state index in [1.165, 1.54) is 28.7 Å². The minimum absolute atomic E-state index is 0.0903.